The van der Waals surface area contributed by atoms with Gasteiger partial charge in [0.1, 0.15) is 11.6 Å². The van der Waals surface area contributed by atoms with Crippen LogP contribution in [-0.2, 0) is 4.79 Å². The standard InChI is InChI=1S/C16H19F2NO2/c17-11-4-3-5-12(18)15(11)9-8-10(9)16(21)19-13-6-1-2-7-14(13)20/h3-5,9-10,13-14,20H,1-2,6-8H2,(H,19,21). The number of nitrogens with one attached hydrogen (secondary N) is 1. The summed E-state index contributed by atoms with van der Waals surface area (Å²) in [7, 11) is 0. The fraction of sp³-hybridized carbons (Fsp3) is 0.562. The number of benzene rings is 1. The molecule has 2 fully saturated rings. The third kappa shape index (κ3) is 2.93. The molecule has 0 heterocycles. The van der Waals surface area contributed by atoms with Gasteiger partial charge in [0.2, 0.25) is 5.91 Å². The van der Waals surface area contributed by atoms with Crippen molar-refractivity contribution in [2.24, 2.45) is 5.92 Å². The molecule has 0 aliphatic heterocycles. The van der Waals surface area contributed by atoms with Crippen molar-refractivity contribution >= 4 is 5.91 Å². The highest BCUT2D eigenvalue weighted by atomic mass is 19.1. The Balaban J connectivity index is 1.63. The zero-order valence-electron chi connectivity index (χ0n) is 11.7. The first-order chi connectivity index (χ1) is 10.1. The normalized spacial score (nSPS) is 31.8. The summed E-state index contributed by atoms with van der Waals surface area (Å²) in [6.45, 7) is 0. The highest BCUT2D eigenvalue weighted by Gasteiger charge is 2.47. The summed E-state index contributed by atoms with van der Waals surface area (Å²) in [4.78, 5) is 12.2. The Morgan fingerprint density at radius 1 is 1.19 bits per heavy atom. The Bertz CT molecular complexity index is 529. The van der Waals surface area contributed by atoms with E-state index in [9.17, 15) is 18.7 Å². The molecule has 1 amide bonds. The van der Waals surface area contributed by atoms with E-state index in [4.69, 9.17) is 0 Å². The van der Waals surface area contributed by atoms with Crippen LogP contribution in [0.2, 0.25) is 0 Å². The summed E-state index contributed by atoms with van der Waals surface area (Å²) in [5.41, 5.74) is 0.0156. The lowest BCUT2D eigenvalue weighted by atomic mass is 9.92. The lowest BCUT2D eigenvalue weighted by Gasteiger charge is -2.28. The molecule has 3 rings (SSSR count). The van der Waals surface area contributed by atoms with Crippen LogP contribution >= 0.6 is 0 Å². The van der Waals surface area contributed by atoms with Crippen LogP contribution in [0.5, 0.6) is 0 Å². The number of halogens is 2. The van der Waals surface area contributed by atoms with Crippen LogP contribution in [0, 0.1) is 17.6 Å². The van der Waals surface area contributed by atoms with Crippen molar-refractivity contribution in [1.82, 2.24) is 5.32 Å². The first kappa shape index (κ1) is 14.4. The molecule has 4 unspecified atom stereocenters. The van der Waals surface area contributed by atoms with Gasteiger partial charge >= 0.3 is 0 Å². The average molecular weight is 295 g/mol. The summed E-state index contributed by atoms with van der Waals surface area (Å²) in [6, 6.07) is 3.54. The fourth-order valence-corrected chi connectivity index (χ4v) is 3.24. The van der Waals surface area contributed by atoms with E-state index < -0.39 is 17.7 Å². The molecule has 4 atom stereocenters. The Hall–Kier alpha value is -1.49. The number of aliphatic hydroxyl groups is 1. The van der Waals surface area contributed by atoms with Crippen molar-refractivity contribution in [3.63, 3.8) is 0 Å². The molecule has 0 saturated heterocycles. The second-order valence-corrected chi connectivity index (χ2v) is 6.05. The van der Waals surface area contributed by atoms with Gasteiger partial charge in [-0.1, -0.05) is 18.9 Å². The largest absolute Gasteiger partial charge is 0.391 e. The van der Waals surface area contributed by atoms with E-state index in [1.807, 2.05) is 0 Å². The van der Waals surface area contributed by atoms with Gasteiger partial charge in [0.05, 0.1) is 12.1 Å². The quantitative estimate of drug-likeness (QED) is 0.900. The van der Waals surface area contributed by atoms with E-state index in [-0.39, 0.29) is 29.3 Å². The van der Waals surface area contributed by atoms with Crippen molar-refractivity contribution in [2.45, 2.75) is 50.2 Å². The molecule has 1 aromatic carbocycles. The van der Waals surface area contributed by atoms with Gasteiger partial charge in [-0.15, -0.1) is 0 Å². The molecule has 1 aromatic rings. The van der Waals surface area contributed by atoms with Crippen LogP contribution in [0.1, 0.15) is 43.6 Å². The first-order valence-corrected chi connectivity index (χ1v) is 7.50. The maximum absolute atomic E-state index is 13.7. The maximum Gasteiger partial charge on any atom is 0.224 e. The van der Waals surface area contributed by atoms with Crippen LogP contribution in [0.3, 0.4) is 0 Å². The monoisotopic (exact) mass is 295 g/mol. The summed E-state index contributed by atoms with van der Waals surface area (Å²) < 4.78 is 27.4. The maximum atomic E-state index is 13.7. The Kier molecular flexibility index (Phi) is 3.93. The smallest absolute Gasteiger partial charge is 0.224 e. The highest BCUT2D eigenvalue weighted by Crippen LogP contribution is 2.49. The molecule has 2 saturated carbocycles. The summed E-state index contributed by atoms with van der Waals surface area (Å²) in [6.07, 6.45) is 3.37. The van der Waals surface area contributed by atoms with E-state index in [2.05, 4.69) is 5.32 Å². The molecular weight excluding hydrogens is 276 g/mol. The molecule has 0 radical (unpaired) electrons. The van der Waals surface area contributed by atoms with E-state index in [0.29, 0.717) is 12.8 Å². The molecule has 21 heavy (non-hydrogen) atoms. The Labute approximate surface area is 122 Å². The van der Waals surface area contributed by atoms with E-state index >= 15 is 0 Å². The minimum absolute atomic E-state index is 0.0156. The van der Waals surface area contributed by atoms with Crippen molar-refractivity contribution < 1.29 is 18.7 Å². The third-order valence-corrected chi connectivity index (χ3v) is 4.55. The number of aliphatic hydroxyl groups excluding tert-OH is 1. The minimum Gasteiger partial charge on any atom is -0.391 e. The molecule has 5 heteroatoms. The zero-order valence-corrected chi connectivity index (χ0v) is 11.7. The summed E-state index contributed by atoms with van der Waals surface area (Å²) in [5, 5.41) is 12.7. The van der Waals surface area contributed by atoms with Gasteiger partial charge in [0.25, 0.3) is 0 Å². The SMILES string of the molecule is O=C(NC1CCCCC1O)C1CC1c1c(F)cccc1F. The van der Waals surface area contributed by atoms with Crippen molar-refractivity contribution in [2.75, 3.05) is 0 Å². The molecule has 0 bridgehead atoms. The zero-order chi connectivity index (χ0) is 15.0. The number of carbonyl (C=O) groups excluding carboxylic acids is 1. The van der Waals surface area contributed by atoms with Gasteiger partial charge in [-0.3, -0.25) is 4.79 Å². The average Bonchev–Trinajstić information content (AvgIpc) is 3.21. The predicted octanol–water partition coefficient (Wildman–Crippen LogP) is 2.49. The number of carbonyl (C=O) groups is 1. The van der Waals surface area contributed by atoms with Crippen molar-refractivity contribution in [3.8, 4) is 0 Å². The molecule has 0 spiro atoms. The number of hydrogen-bond acceptors (Lipinski definition) is 2. The van der Waals surface area contributed by atoms with E-state index in [1.54, 1.807) is 0 Å². The topological polar surface area (TPSA) is 49.3 Å². The third-order valence-electron chi connectivity index (χ3n) is 4.55. The number of hydrogen-bond donors (Lipinski definition) is 2. The van der Waals surface area contributed by atoms with Crippen LogP contribution in [-0.4, -0.2) is 23.2 Å². The molecule has 2 aliphatic rings. The van der Waals surface area contributed by atoms with Gasteiger partial charge in [0.15, 0.2) is 0 Å². The van der Waals surface area contributed by atoms with Gasteiger partial charge < -0.3 is 10.4 Å². The Morgan fingerprint density at radius 2 is 1.86 bits per heavy atom. The second-order valence-electron chi connectivity index (χ2n) is 6.05. The van der Waals surface area contributed by atoms with Crippen LogP contribution in [0.15, 0.2) is 18.2 Å². The molecule has 114 valence electrons. The highest BCUT2D eigenvalue weighted by molar-refractivity contribution is 5.83. The van der Waals surface area contributed by atoms with Crippen LogP contribution in [0.25, 0.3) is 0 Å². The molecule has 2 aliphatic carbocycles. The van der Waals surface area contributed by atoms with Crippen LogP contribution in [0.4, 0.5) is 8.78 Å². The van der Waals surface area contributed by atoms with Gasteiger partial charge in [0, 0.05) is 17.4 Å². The fourth-order valence-electron chi connectivity index (χ4n) is 3.24. The van der Waals surface area contributed by atoms with Gasteiger partial charge in [-0.05, 0) is 31.4 Å². The molecular formula is C16H19F2NO2. The lowest BCUT2D eigenvalue weighted by Crippen LogP contribution is -2.45. The summed E-state index contributed by atoms with van der Waals surface area (Å²) >= 11 is 0. The first-order valence-electron chi connectivity index (χ1n) is 7.50. The summed E-state index contributed by atoms with van der Waals surface area (Å²) in [5.74, 6) is -2.15. The predicted molar refractivity (Wildman–Crippen MR) is 73.6 cm³/mol. The minimum atomic E-state index is -0.590. The second kappa shape index (κ2) is 5.72. The number of amides is 1. The van der Waals surface area contributed by atoms with Gasteiger partial charge in [-0.25, -0.2) is 8.78 Å². The van der Waals surface area contributed by atoms with Crippen molar-refractivity contribution in [3.05, 3.63) is 35.4 Å². The Morgan fingerprint density at radius 3 is 2.52 bits per heavy atom. The van der Waals surface area contributed by atoms with Gasteiger partial charge in [-0.2, -0.15) is 0 Å². The molecule has 2 N–H and O–H groups in total. The van der Waals surface area contributed by atoms with E-state index in [0.717, 1.165) is 19.3 Å². The lowest BCUT2D eigenvalue weighted by molar-refractivity contribution is -0.124. The van der Waals surface area contributed by atoms with E-state index in [1.165, 1.54) is 18.2 Å². The van der Waals surface area contributed by atoms with Crippen molar-refractivity contribution in [1.29, 1.82) is 0 Å². The molecule has 3 nitrogen and oxygen atoms in total. The van der Waals surface area contributed by atoms with Crippen LogP contribution < -0.4 is 5.32 Å². The molecule has 0 aromatic heterocycles. The number of rotatable bonds is 3.